The molecule has 2 rings (SSSR count). The van der Waals surface area contributed by atoms with E-state index in [-0.39, 0.29) is 13.2 Å². The second-order valence-electron chi connectivity index (χ2n) is 5.84. The SMILES string of the molecule is O=C(NCCOc1ccc(Cc2ccccc2)cc1Cl)OCC(F)(F)C(F)F. The maximum absolute atomic E-state index is 12.6. The van der Waals surface area contributed by atoms with Crippen molar-refractivity contribution in [3.05, 3.63) is 64.7 Å². The van der Waals surface area contributed by atoms with Crippen LogP contribution in [-0.2, 0) is 11.2 Å². The molecule has 0 radical (unpaired) electrons. The van der Waals surface area contributed by atoms with E-state index in [9.17, 15) is 22.4 Å². The van der Waals surface area contributed by atoms with Crippen molar-refractivity contribution in [2.75, 3.05) is 19.8 Å². The molecular weight excluding hydrogens is 402 g/mol. The molecular formula is C19H18ClF4NO3. The second-order valence-corrected chi connectivity index (χ2v) is 6.25. The summed E-state index contributed by atoms with van der Waals surface area (Å²) in [7, 11) is 0. The molecule has 2 aromatic carbocycles. The van der Waals surface area contributed by atoms with E-state index in [0.717, 1.165) is 11.1 Å². The Balaban J connectivity index is 1.73. The first-order valence-electron chi connectivity index (χ1n) is 8.29. The lowest BCUT2D eigenvalue weighted by atomic mass is 10.1. The van der Waals surface area contributed by atoms with Gasteiger partial charge in [-0.05, 0) is 29.7 Å². The highest BCUT2D eigenvalue weighted by Crippen LogP contribution is 2.26. The molecule has 0 bridgehead atoms. The molecule has 0 spiro atoms. The van der Waals surface area contributed by atoms with Crippen LogP contribution < -0.4 is 10.1 Å². The fourth-order valence-electron chi connectivity index (χ4n) is 2.19. The standard InChI is InChI=1S/C19H18ClF4NO3/c20-15-11-14(10-13-4-2-1-3-5-13)6-7-16(15)27-9-8-25-18(26)28-12-19(23,24)17(21)22/h1-7,11,17H,8-10,12H2,(H,25,26). The Morgan fingerprint density at radius 3 is 2.46 bits per heavy atom. The lowest BCUT2D eigenvalue weighted by Gasteiger charge is -2.15. The smallest absolute Gasteiger partial charge is 0.407 e. The van der Waals surface area contributed by atoms with E-state index in [4.69, 9.17) is 16.3 Å². The Labute approximate surface area is 164 Å². The highest BCUT2D eigenvalue weighted by molar-refractivity contribution is 6.32. The Morgan fingerprint density at radius 2 is 1.82 bits per heavy atom. The maximum atomic E-state index is 12.6. The van der Waals surface area contributed by atoms with Gasteiger partial charge in [-0.25, -0.2) is 13.6 Å². The summed E-state index contributed by atoms with van der Waals surface area (Å²) >= 11 is 6.18. The van der Waals surface area contributed by atoms with Gasteiger partial charge >= 0.3 is 18.4 Å². The molecule has 0 aromatic heterocycles. The van der Waals surface area contributed by atoms with Crippen LogP contribution >= 0.6 is 11.6 Å². The number of nitrogens with one attached hydrogen (secondary N) is 1. The molecule has 0 fully saturated rings. The number of halogens is 5. The maximum Gasteiger partial charge on any atom is 0.407 e. The van der Waals surface area contributed by atoms with Gasteiger partial charge in [-0.2, -0.15) is 8.78 Å². The summed E-state index contributed by atoms with van der Waals surface area (Å²) in [5.41, 5.74) is 2.12. The Bertz CT molecular complexity index is 775. The van der Waals surface area contributed by atoms with Crippen LogP contribution in [-0.4, -0.2) is 38.2 Å². The quantitative estimate of drug-likeness (QED) is 0.463. The van der Waals surface area contributed by atoms with E-state index in [1.54, 1.807) is 12.1 Å². The zero-order valence-corrected chi connectivity index (χ0v) is 15.4. The summed E-state index contributed by atoms with van der Waals surface area (Å²) in [4.78, 5) is 11.2. The van der Waals surface area contributed by atoms with Crippen molar-refractivity contribution in [1.82, 2.24) is 5.32 Å². The number of hydrogen-bond donors (Lipinski definition) is 1. The minimum Gasteiger partial charge on any atom is -0.490 e. The van der Waals surface area contributed by atoms with Gasteiger partial charge in [0.05, 0.1) is 11.6 Å². The molecule has 0 atom stereocenters. The largest absolute Gasteiger partial charge is 0.490 e. The minimum atomic E-state index is -4.39. The predicted octanol–water partition coefficient (Wildman–Crippen LogP) is 4.94. The van der Waals surface area contributed by atoms with Crippen molar-refractivity contribution in [2.24, 2.45) is 0 Å². The number of hydrogen-bond acceptors (Lipinski definition) is 3. The third-order valence-electron chi connectivity index (χ3n) is 3.59. The second kappa shape index (κ2) is 10.2. The zero-order valence-electron chi connectivity index (χ0n) is 14.6. The molecule has 9 heteroatoms. The number of rotatable bonds is 9. The van der Waals surface area contributed by atoms with Crippen molar-refractivity contribution in [3.8, 4) is 5.75 Å². The monoisotopic (exact) mass is 419 g/mol. The van der Waals surface area contributed by atoms with Crippen LogP contribution in [0.2, 0.25) is 5.02 Å². The first-order valence-corrected chi connectivity index (χ1v) is 8.67. The zero-order chi connectivity index (χ0) is 20.6. The van der Waals surface area contributed by atoms with E-state index < -0.39 is 25.0 Å². The molecule has 0 unspecified atom stereocenters. The van der Waals surface area contributed by atoms with Crippen LogP contribution in [0.15, 0.2) is 48.5 Å². The summed E-state index contributed by atoms with van der Waals surface area (Å²) in [6.07, 6.45) is -4.44. The van der Waals surface area contributed by atoms with Crippen LogP contribution in [0.1, 0.15) is 11.1 Å². The fraction of sp³-hybridized carbons (Fsp3) is 0.316. The lowest BCUT2D eigenvalue weighted by molar-refractivity contribution is -0.153. The van der Waals surface area contributed by atoms with E-state index in [1.165, 1.54) is 0 Å². The highest BCUT2D eigenvalue weighted by atomic mass is 35.5. The van der Waals surface area contributed by atoms with Gasteiger partial charge in [-0.1, -0.05) is 48.0 Å². The Kier molecular flexibility index (Phi) is 7.92. The molecule has 0 saturated carbocycles. The number of amides is 1. The van der Waals surface area contributed by atoms with Gasteiger partial charge in [-0.15, -0.1) is 0 Å². The first kappa shape index (κ1) is 21.8. The van der Waals surface area contributed by atoms with Gasteiger partial charge in [0.15, 0.2) is 6.61 Å². The van der Waals surface area contributed by atoms with E-state index >= 15 is 0 Å². The van der Waals surface area contributed by atoms with E-state index in [1.807, 2.05) is 36.4 Å². The van der Waals surface area contributed by atoms with Gasteiger partial charge in [0, 0.05) is 0 Å². The Hall–Kier alpha value is -2.48. The normalized spacial score (nSPS) is 11.4. The average molecular weight is 420 g/mol. The topological polar surface area (TPSA) is 47.6 Å². The number of alkyl carbamates (subject to hydrolysis) is 1. The lowest BCUT2D eigenvalue weighted by Crippen LogP contribution is -2.37. The van der Waals surface area contributed by atoms with Gasteiger partial charge in [-0.3, -0.25) is 0 Å². The predicted molar refractivity (Wildman–Crippen MR) is 96.5 cm³/mol. The van der Waals surface area contributed by atoms with Crippen molar-refractivity contribution >= 4 is 17.7 Å². The van der Waals surface area contributed by atoms with Crippen LogP contribution in [0.3, 0.4) is 0 Å². The number of carbonyl (C=O) groups is 1. The van der Waals surface area contributed by atoms with Gasteiger partial charge in [0.1, 0.15) is 12.4 Å². The summed E-state index contributed by atoms with van der Waals surface area (Å²) in [6.45, 7) is -1.80. The number of ether oxygens (including phenoxy) is 2. The fourth-order valence-corrected chi connectivity index (χ4v) is 2.45. The van der Waals surface area contributed by atoms with E-state index in [2.05, 4.69) is 10.1 Å². The summed E-state index contributed by atoms with van der Waals surface area (Å²) in [5, 5.41) is 2.50. The van der Waals surface area contributed by atoms with E-state index in [0.29, 0.717) is 17.2 Å². The average Bonchev–Trinajstić information content (AvgIpc) is 2.66. The number of alkyl halides is 4. The van der Waals surface area contributed by atoms with Crippen LogP contribution in [0.4, 0.5) is 22.4 Å². The summed E-state index contributed by atoms with van der Waals surface area (Å²) in [5.74, 6) is -4.00. The van der Waals surface area contributed by atoms with Crippen LogP contribution in [0.5, 0.6) is 5.75 Å². The molecule has 152 valence electrons. The summed E-state index contributed by atoms with van der Waals surface area (Å²) in [6, 6.07) is 15.1. The molecule has 0 aliphatic carbocycles. The summed E-state index contributed by atoms with van der Waals surface area (Å²) < 4.78 is 58.6. The third kappa shape index (κ3) is 6.92. The number of benzene rings is 2. The molecule has 0 heterocycles. The Morgan fingerprint density at radius 1 is 1.11 bits per heavy atom. The molecule has 2 aromatic rings. The highest BCUT2D eigenvalue weighted by Gasteiger charge is 2.42. The molecule has 0 aliphatic rings. The molecule has 1 amide bonds. The molecule has 0 saturated heterocycles. The van der Waals surface area contributed by atoms with Gasteiger partial charge in [0.25, 0.3) is 0 Å². The molecule has 4 nitrogen and oxygen atoms in total. The van der Waals surface area contributed by atoms with Crippen molar-refractivity contribution in [3.63, 3.8) is 0 Å². The van der Waals surface area contributed by atoms with Crippen LogP contribution in [0, 0.1) is 0 Å². The third-order valence-corrected chi connectivity index (χ3v) is 3.89. The molecule has 28 heavy (non-hydrogen) atoms. The van der Waals surface area contributed by atoms with Crippen LogP contribution in [0.25, 0.3) is 0 Å². The van der Waals surface area contributed by atoms with Gasteiger partial charge in [0.2, 0.25) is 0 Å². The minimum absolute atomic E-state index is 0.0158. The molecule has 1 N–H and O–H groups in total. The first-order chi connectivity index (χ1) is 13.3. The molecule has 0 aliphatic heterocycles. The van der Waals surface area contributed by atoms with Crippen molar-refractivity contribution < 1.29 is 31.8 Å². The van der Waals surface area contributed by atoms with Crippen molar-refractivity contribution in [2.45, 2.75) is 18.8 Å². The number of carbonyl (C=O) groups excluding carboxylic acids is 1. The van der Waals surface area contributed by atoms with Gasteiger partial charge < -0.3 is 14.8 Å². The van der Waals surface area contributed by atoms with Crippen molar-refractivity contribution in [1.29, 1.82) is 0 Å².